The highest BCUT2D eigenvalue weighted by Crippen LogP contribution is 2.53. The molecule has 1 aliphatic rings. The molecular weight excluding hydrogens is 834 g/mol. The van der Waals surface area contributed by atoms with E-state index in [1.807, 2.05) is 60.7 Å². The standard InChI is InChI=1S/C50H52Cl4N2O4/c1-7-11-29-55(9-3)37-21-13-33(14-22-37)41(35-17-25-39(58-5)26-18-35)31-50(44-43(49(57)60-50)45(51)47(53)48(54)46(44)52)32-42(36-19-27-40(59-6)28-20-36)34-15-23-38(24-16-34)56(10-4)30-12-8-2/h13-28,31-32H,7-12,29-30H2,1-6H3. The Balaban J connectivity index is 1.67. The highest BCUT2D eigenvalue weighted by Gasteiger charge is 2.48. The number of rotatable bonds is 18. The molecule has 10 heteroatoms. The zero-order valence-electron chi connectivity index (χ0n) is 35.1. The fraction of sp³-hybridized carbons (Fsp3) is 0.300. The van der Waals surface area contributed by atoms with Gasteiger partial charge in [0, 0.05) is 43.1 Å². The van der Waals surface area contributed by atoms with Crippen molar-refractivity contribution in [1.82, 2.24) is 0 Å². The van der Waals surface area contributed by atoms with Crippen LogP contribution < -0.4 is 19.3 Å². The number of halogens is 4. The van der Waals surface area contributed by atoms with E-state index in [1.54, 1.807) is 14.2 Å². The monoisotopic (exact) mass is 884 g/mol. The number of ether oxygens (including phenoxy) is 3. The van der Waals surface area contributed by atoms with Crippen LogP contribution in [0.25, 0.3) is 11.1 Å². The molecule has 0 aromatic heterocycles. The molecule has 0 N–H and O–H groups in total. The average molecular weight is 887 g/mol. The molecule has 6 rings (SSSR count). The lowest BCUT2D eigenvalue weighted by Crippen LogP contribution is -2.24. The summed E-state index contributed by atoms with van der Waals surface area (Å²) in [7, 11) is 3.27. The molecular formula is C50H52Cl4N2O4. The first-order valence-corrected chi connectivity index (χ1v) is 22.1. The van der Waals surface area contributed by atoms with Crippen molar-refractivity contribution in [2.75, 3.05) is 50.2 Å². The molecule has 0 aliphatic carbocycles. The van der Waals surface area contributed by atoms with Gasteiger partial charge in [0.15, 0.2) is 5.60 Å². The summed E-state index contributed by atoms with van der Waals surface area (Å²) in [5.41, 5.74) is 5.97. The molecule has 0 unspecified atom stereocenters. The van der Waals surface area contributed by atoms with E-state index < -0.39 is 11.6 Å². The van der Waals surface area contributed by atoms with E-state index in [0.717, 1.165) is 96.6 Å². The second-order valence-corrected chi connectivity index (χ2v) is 16.2. The number of esters is 1. The first-order valence-electron chi connectivity index (χ1n) is 20.6. The summed E-state index contributed by atoms with van der Waals surface area (Å²) in [5, 5.41) is 0.0405. The van der Waals surface area contributed by atoms with Crippen LogP contribution in [-0.2, 0) is 10.3 Å². The zero-order valence-corrected chi connectivity index (χ0v) is 38.1. The van der Waals surface area contributed by atoms with Crippen molar-refractivity contribution in [1.29, 1.82) is 0 Å². The third kappa shape index (κ3) is 9.48. The number of nitrogens with zero attached hydrogens (tertiary/aromatic N) is 2. The van der Waals surface area contributed by atoms with Gasteiger partial charge in [0.1, 0.15) is 11.5 Å². The summed E-state index contributed by atoms with van der Waals surface area (Å²) in [4.78, 5) is 19.0. The zero-order chi connectivity index (χ0) is 43.0. The van der Waals surface area contributed by atoms with Crippen molar-refractivity contribution < 1.29 is 19.0 Å². The van der Waals surface area contributed by atoms with Crippen LogP contribution >= 0.6 is 46.4 Å². The molecule has 1 heterocycles. The summed E-state index contributed by atoms with van der Waals surface area (Å²) >= 11 is 27.6. The maximum atomic E-state index is 14.3. The highest BCUT2D eigenvalue weighted by atomic mass is 35.5. The van der Waals surface area contributed by atoms with Gasteiger partial charge in [-0.05, 0) is 121 Å². The van der Waals surface area contributed by atoms with E-state index in [1.165, 1.54) is 0 Å². The third-order valence-electron chi connectivity index (χ3n) is 11.1. The van der Waals surface area contributed by atoms with Gasteiger partial charge in [-0.2, -0.15) is 0 Å². The Kier molecular flexibility index (Phi) is 15.2. The highest BCUT2D eigenvalue weighted by molar-refractivity contribution is 6.53. The quantitative estimate of drug-likeness (QED) is 0.0496. The lowest BCUT2D eigenvalue weighted by Gasteiger charge is -2.28. The van der Waals surface area contributed by atoms with E-state index >= 15 is 0 Å². The molecule has 314 valence electrons. The fourth-order valence-corrected chi connectivity index (χ4v) is 8.75. The largest absolute Gasteiger partial charge is 0.497 e. The molecule has 0 radical (unpaired) electrons. The lowest BCUT2D eigenvalue weighted by atomic mass is 9.83. The Labute approximate surface area is 375 Å². The first kappa shape index (κ1) is 44.9. The number of anilines is 2. The molecule has 6 nitrogen and oxygen atoms in total. The minimum absolute atomic E-state index is 0.0215. The number of hydrogen-bond acceptors (Lipinski definition) is 6. The van der Waals surface area contributed by atoms with E-state index in [2.05, 4.69) is 86.0 Å². The number of carbonyl (C=O) groups is 1. The molecule has 5 aromatic carbocycles. The van der Waals surface area contributed by atoms with Crippen LogP contribution in [0, 0.1) is 0 Å². The molecule has 0 bridgehead atoms. The third-order valence-corrected chi connectivity index (χ3v) is 12.9. The predicted molar refractivity (Wildman–Crippen MR) is 252 cm³/mol. The van der Waals surface area contributed by atoms with Crippen molar-refractivity contribution in [3.63, 3.8) is 0 Å². The Morgan fingerprint density at radius 1 is 0.567 bits per heavy atom. The van der Waals surface area contributed by atoms with Crippen LogP contribution in [0.15, 0.2) is 109 Å². The number of cyclic esters (lactones) is 1. The first-order chi connectivity index (χ1) is 29.0. The van der Waals surface area contributed by atoms with E-state index in [9.17, 15) is 4.79 Å². The molecule has 0 fully saturated rings. The van der Waals surface area contributed by atoms with Gasteiger partial charge in [0.25, 0.3) is 0 Å². The maximum absolute atomic E-state index is 14.3. The van der Waals surface area contributed by atoms with Gasteiger partial charge in [-0.25, -0.2) is 4.79 Å². The van der Waals surface area contributed by atoms with Crippen molar-refractivity contribution in [3.05, 3.63) is 163 Å². The van der Waals surface area contributed by atoms with Crippen LogP contribution in [0.4, 0.5) is 11.4 Å². The van der Waals surface area contributed by atoms with Crippen LogP contribution in [0.3, 0.4) is 0 Å². The van der Waals surface area contributed by atoms with Gasteiger partial charge >= 0.3 is 5.97 Å². The molecule has 5 aromatic rings. The van der Waals surface area contributed by atoms with Crippen LogP contribution in [0.5, 0.6) is 11.5 Å². The molecule has 0 amide bonds. The maximum Gasteiger partial charge on any atom is 0.341 e. The van der Waals surface area contributed by atoms with E-state index in [-0.39, 0.29) is 25.7 Å². The molecule has 1 aliphatic heterocycles. The fourth-order valence-electron chi connectivity index (χ4n) is 7.67. The number of fused-ring (bicyclic) bond motifs is 1. The number of unbranched alkanes of at least 4 members (excludes halogenated alkanes) is 2. The van der Waals surface area contributed by atoms with Crippen LogP contribution in [-0.4, -0.2) is 46.4 Å². The Morgan fingerprint density at radius 2 is 0.933 bits per heavy atom. The minimum atomic E-state index is -1.64. The van der Waals surface area contributed by atoms with Crippen molar-refractivity contribution in [2.24, 2.45) is 0 Å². The Hall–Kier alpha value is -4.59. The van der Waals surface area contributed by atoms with Crippen molar-refractivity contribution >= 4 is 74.9 Å². The Bertz CT molecular complexity index is 2200. The van der Waals surface area contributed by atoms with Crippen LogP contribution in [0.1, 0.15) is 91.6 Å². The number of carbonyl (C=O) groups excluding carboxylic acids is 1. The summed E-state index contributed by atoms with van der Waals surface area (Å²) in [6.07, 6.45) is 8.28. The van der Waals surface area contributed by atoms with Gasteiger partial charge in [-0.15, -0.1) is 0 Å². The predicted octanol–water partition coefficient (Wildman–Crippen LogP) is 14.2. The molecule has 0 saturated heterocycles. The Morgan fingerprint density at radius 3 is 1.28 bits per heavy atom. The normalized spacial score (nSPS) is 15.1. The van der Waals surface area contributed by atoms with E-state index in [4.69, 9.17) is 60.6 Å². The average Bonchev–Trinajstić information content (AvgIpc) is 3.58. The summed E-state index contributed by atoms with van der Waals surface area (Å²) < 4.78 is 17.7. The van der Waals surface area contributed by atoms with Gasteiger partial charge in [-0.1, -0.05) is 122 Å². The summed E-state index contributed by atoms with van der Waals surface area (Å²) in [6.45, 7) is 12.4. The van der Waals surface area contributed by atoms with Gasteiger partial charge < -0.3 is 24.0 Å². The molecule has 60 heavy (non-hydrogen) atoms. The van der Waals surface area contributed by atoms with Gasteiger partial charge in [0.05, 0.1) is 39.9 Å². The summed E-state index contributed by atoms with van der Waals surface area (Å²) in [6, 6.07) is 32.5. The molecule has 0 saturated carbocycles. The number of benzene rings is 5. The number of hydrogen-bond donors (Lipinski definition) is 0. The molecule has 0 spiro atoms. The van der Waals surface area contributed by atoms with E-state index in [0.29, 0.717) is 17.1 Å². The van der Waals surface area contributed by atoms with Gasteiger partial charge in [-0.3, -0.25) is 0 Å². The van der Waals surface area contributed by atoms with Crippen molar-refractivity contribution in [3.8, 4) is 11.5 Å². The second-order valence-electron chi connectivity index (χ2n) is 14.7. The van der Waals surface area contributed by atoms with Gasteiger partial charge in [0.2, 0.25) is 0 Å². The topological polar surface area (TPSA) is 51.2 Å². The van der Waals surface area contributed by atoms with Crippen molar-refractivity contribution in [2.45, 2.75) is 59.0 Å². The smallest absolute Gasteiger partial charge is 0.341 e. The SMILES string of the molecule is CCCCN(CC)c1ccc(C(=CC2(C=C(c3ccc(OC)cc3)c3ccc(N(CC)CCCC)cc3)OC(=O)c3c(Cl)c(Cl)c(Cl)c(Cl)c32)c2ccc(OC)cc2)cc1. The minimum Gasteiger partial charge on any atom is -0.497 e. The molecule has 0 atom stereocenters. The van der Waals surface area contributed by atoms with Crippen LogP contribution in [0.2, 0.25) is 20.1 Å². The number of methoxy groups -OCH3 is 2. The lowest BCUT2D eigenvalue weighted by molar-refractivity contribution is 0.0300. The second kappa shape index (κ2) is 20.3. The summed E-state index contributed by atoms with van der Waals surface area (Å²) in [5.74, 6) is 0.724.